The van der Waals surface area contributed by atoms with Gasteiger partial charge in [-0.15, -0.1) is 0 Å². The summed E-state index contributed by atoms with van der Waals surface area (Å²) in [6.07, 6.45) is -0.315. The van der Waals surface area contributed by atoms with Crippen molar-refractivity contribution in [2.75, 3.05) is 0 Å². The van der Waals surface area contributed by atoms with Crippen LogP contribution in [0.4, 0.5) is 0 Å². The van der Waals surface area contributed by atoms with Gasteiger partial charge in [0.05, 0.1) is 0 Å². The fourth-order valence-corrected chi connectivity index (χ4v) is 3.36. The minimum atomic E-state index is -0.759. The summed E-state index contributed by atoms with van der Waals surface area (Å²) < 4.78 is 16.7. The highest BCUT2D eigenvalue weighted by atomic mass is 16.6. The molecule has 0 radical (unpaired) electrons. The lowest BCUT2D eigenvalue weighted by molar-refractivity contribution is -0.153. The highest BCUT2D eigenvalue weighted by Gasteiger charge is 2.21. The van der Waals surface area contributed by atoms with Gasteiger partial charge >= 0.3 is 11.6 Å². The molecule has 0 aliphatic rings. The van der Waals surface area contributed by atoms with Crippen molar-refractivity contribution >= 4 is 16.9 Å². The number of esters is 1. The largest absolute Gasteiger partial charge is 0.479 e. The van der Waals surface area contributed by atoms with Crippen molar-refractivity contribution in [3.8, 4) is 16.9 Å². The van der Waals surface area contributed by atoms with Gasteiger partial charge in [-0.3, -0.25) is 0 Å². The molecule has 4 aromatic rings. The van der Waals surface area contributed by atoms with E-state index in [0.29, 0.717) is 17.8 Å². The zero-order chi connectivity index (χ0) is 21.6. The highest BCUT2D eigenvalue weighted by molar-refractivity contribution is 5.93. The third kappa shape index (κ3) is 4.83. The fourth-order valence-electron chi connectivity index (χ4n) is 3.36. The van der Waals surface area contributed by atoms with Crippen molar-refractivity contribution in [3.05, 3.63) is 101 Å². The second kappa shape index (κ2) is 9.30. The van der Waals surface area contributed by atoms with Gasteiger partial charge in [0.15, 0.2) is 6.10 Å². The van der Waals surface area contributed by atoms with E-state index >= 15 is 0 Å². The molecular weight excluding hydrogens is 392 g/mol. The van der Waals surface area contributed by atoms with E-state index in [1.807, 2.05) is 73.7 Å². The molecule has 0 amide bonds. The standard InChI is InChI=1S/C26H22O5/c1-2-23(26(28)29-17-18-9-5-3-6-10-18)30-20-13-14-21-22(19-11-7-4-8-12-19)16-25(27)31-24(21)15-20/h3-16,23H,2,17H2,1H3/t23-/m1/s1. The third-order valence-corrected chi connectivity index (χ3v) is 4.94. The van der Waals surface area contributed by atoms with Gasteiger partial charge in [-0.25, -0.2) is 9.59 Å². The molecule has 0 unspecified atom stereocenters. The normalized spacial score (nSPS) is 11.8. The van der Waals surface area contributed by atoms with Crippen LogP contribution in [-0.2, 0) is 16.1 Å². The maximum absolute atomic E-state index is 12.5. The van der Waals surface area contributed by atoms with E-state index in [4.69, 9.17) is 13.9 Å². The summed E-state index contributed by atoms with van der Waals surface area (Å²) in [6.45, 7) is 2.04. The van der Waals surface area contributed by atoms with Crippen molar-refractivity contribution in [2.45, 2.75) is 26.1 Å². The van der Waals surface area contributed by atoms with Gasteiger partial charge < -0.3 is 13.9 Å². The minimum Gasteiger partial charge on any atom is -0.479 e. The van der Waals surface area contributed by atoms with Crippen molar-refractivity contribution in [1.82, 2.24) is 0 Å². The number of fused-ring (bicyclic) bond motifs is 1. The highest BCUT2D eigenvalue weighted by Crippen LogP contribution is 2.30. The number of hydrogen-bond donors (Lipinski definition) is 0. The van der Waals surface area contributed by atoms with Crippen molar-refractivity contribution in [3.63, 3.8) is 0 Å². The lowest BCUT2D eigenvalue weighted by atomic mass is 10.0. The van der Waals surface area contributed by atoms with Crippen LogP contribution in [0.3, 0.4) is 0 Å². The molecule has 31 heavy (non-hydrogen) atoms. The van der Waals surface area contributed by atoms with Gasteiger partial charge in [0.1, 0.15) is 17.9 Å². The van der Waals surface area contributed by atoms with E-state index < -0.39 is 17.7 Å². The Hall–Kier alpha value is -3.86. The summed E-state index contributed by atoms with van der Waals surface area (Å²) in [6, 6.07) is 25.8. The average Bonchev–Trinajstić information content (AvgIpc) is 2.81. The average molecular weight is 414 g/mol. The fraction of sp³-hybridized carbons (Fsp3) is 0.154. The SMILES string of the molecule is CC[C@@H](Oc1ccc2c(-c3ccccc3)cc(=O)oc2c1)C(=O)OCc1ccccc1. The van der Waals surface area contributed by atoms with Gasteiger partial charge in [0, 0.05) is 17.5 Å². The Morgan fingerprint density at radius 3 is 2.35 bits per heavy atom. The van der Waals surface area contributed by atoms with Crippen LogP contribution in [-0.4, -0.2) is 12.1 Å². The zero-order valence-electron chi connectivity index (χ0n) is 17.1. The minimum absolute atomic E-state index is 0.187. The molecule has 1 atom stereocenters. The van der Waals surface area contributed by atoms with Crippen molar-refractivity contribution < 1.29 is 18.7 Å². The van der Waals surface area contributed by atoms with Gasteiger partial charge in [-0.05, 0) is 35.2 Å². The first-order valence-corrected chi connectivity index (χ1v) is 10.1. The van der Waals surface area contributed by atoms with Crippen LogP contribution in [0.1, 0.15) is 18.9 Å². The first-order valence-electron chi connectivity index (χ1n) is 10.1. The molecule has 1 aromatic heterocycles. The van der Waals surface area contributed by atoms with E-state index in [-0.39, 0.29) is 6.61 Å². The van der Waals surface area contributed by atoms with Crippen LogP contribution < -0.4 is 10.4 Å². The molecule has 4 rings (SSSR count). The van der Waals surface area contributed by atoms with E-state index in [1.165, 1.54) is 6.07 Å². The lowest BCUT2D eigenvalue weighted by Crippen LogP contribution is -2.28. The third-order valence-electron chi connectivity index (χ3n) is 4.94. The smallest absolute Gasteiger partial charge is 0.347 e. The summed E-state index contributed by atoms with van der Waals surface area (Å²) in [4.78, 5) is 24.6. The predicted octanol–water partition coefficient (Wildman–Crippen LogP) is 5.36. The van der Waals surface area contributed by atoms with Gasteiger partial charge in [-0.2, -0.15) is 0 Å². The molecule has 5 heteroatoms. The summed E-state index contributed by atoms with van der Waals surface area (Å²) in [7, 11) is 0. The van der Waals surface area contributed by atoms with Crippen LogP contribution in [0, 0.1) is 0 Å². The number of rotatable bonds is 7. The van der Waals surface area contributed by atoms with Crippen LogP contribution >= 0.6 is 0 Å². The summed E-state index contributed by atoms with van der Waals surface area (Å²) in [5.74, 6) is -0.00434. The summed E-state index contributed by atoms with van der Waals surface area (Å²) >= 11 is 0. The molecule has 0 N–H and O–H groups in total. The molecule has 3 aromatic carbocycles. The molecule has 0 saturated carbocycles. The molecule has 5 nitrogen and oxygen atoms in total. The Morgan fingerprint density at radius 2 is 1.65 bits per heavy atom. The van der Waals surface area contributed by atoms with E-state index in [9.17, 15) is 9.59 Å². The number of hydrogen-bond acceptors (Lipinski definition) is 5. The molecule has 0 fully saturated rings. The number of ether oxygens (including phenoxy) is 2. The van der Waals surface area contributed by atoms with Crippen LogP contribution in [0.2, 0.25) is 0 Å². The Labute approximate surface area is 179 Å². The molecule has 0 saturated heterocycles. The van der Waals surface area contributed by atoms with Gasteiger partial charge in [0.25, 0.3) is 0 Å². The second-order valence-electron chi connectivity index (χ2n) is 7.11. The molecule has 0 aliphatic carbocycles. The van der Waals surface area contributed by atoms with E-state index in [2.05, 4.69) is 0 Å². The number of carbonyl (C=O) groups excluding carboxylic acids is 1. The molecule has 156 valence electrons. The van der Waals surface area contributed by atoms with Crippen molar-refractivity contribution in [1.29, 1.82) is 0 Å². The monoisotopic (exact) mass is 414 g/mol. The molecule has 0 spiro atoms. The molecule has 0 aliphatic heterocycles. The number of benzene rings is 3. The maximum Gasteiger partial charge on any atom is 0.347 e. The quantitative estimate of drug-likeness (QED) is 0.301. The van der Waals surface area contributed by atoms with E-state index in [0.717, 1.165) is 22.1 Å². The Kier molecular flexibility index (Phi) is 6.13. The van der Waals surface area contributed by atoms with Gasteiger partial charge in [-0.1, -0.05) is 67.6 Å². The second-order valence-corrected chi connectivity index (χ2v) is 7.11. The molecular formula is C26H22O5. The summed E-state index contributed by atoms with van der Waals surface area (Å²) in [5.41, 5.74) is 2.57. The van der Waals surface area contributed by atoms with Gasteiger partial charge in [0.2, 0.25) is 0 Å². The number of carbonyl (C=O) groups is 1. The summed E-state index contributed by atoms with van der Waals surface area (Å²) in [5, 5.41) is 0.790. The molecule has 1 heterocycles. The van der Waals surface area contributed by atoms with E-state index in [1.54, 1.807) is 12.1 Å². The van der Waals surface area contributed by atoms with Crippen LogP contribution in [0.5, 0.6) is 5.75 Å². The Bertz CT molecular complexity index is 1230. The van der Waals surface area contributed by atoms with Crippen LogP contribution in [0.15, 0.2) is 94.1 Å². The Balaban J connectivity index is 1.55. The molecule has 0 bridgehead atoms. The van der Waals surface area contributed by atoms with Crippen molar-refractivity contribution in [2.24, 2.45) is 0 Å². The lowest BCUT2D eigenvalue weighted by Gasteiger charge is -2.17. The predicted molar refractivity (Wildman–Crippen MR) is 119 cm³/mol. The van der Waals surface area contributed by atoms with Crippen LogP contribution in [0.25, 0.3) is 22.1 Å². The first-order chi connectivity index (χ1) is 15.1. The zero-order valence-corrected chi connectivity index (χ0v) is 17.1. The maximum atomic E-state index is 12.5. The first kappa shape index (κ1) is 20.4. The Morgan fingerprint density at radius 1 is 0.935 bits per heavy atom. The topological polar surface area (TPSA) is 65.7 Å².